The second-order valence-corrected chi connectivity index (χ2v) is 7.91. The molecule has 2 aliphatic heterocycles. The van der Waals surface area contributed by atoms with Crippen molar-refractivity contribution in [3.63, 3.8) is 0 Å². The van der Waals surface area contributed by atoms with Crippen molar-refractivity contribution in [2.75, 3.05) is 31.5 Å². The number of hydrogen-bond donors (Lipinski definition) is 2. The van der Waals surface area contributed by atoms with Crippen molar-refractivity contribution >= 4 is 29.9 Å². The van der Waals surface area contributed by atoms with Gasteiger partial charge < -0.3 is 15.5 Å². The summed E-state index contributed by atoms with van der Waals surface area (Å²) in [5.41, 5.74) is 1.68. The molecule has 9 heteroatoms. The molecule has 1 aromatic heterocycles. The van der Waals surface area contributed by atoms with E-state index in [1.165, 1.54) is 12.1 Å². The van der Waals surface area contributed by atoms with E-state index < -0.39 is 0 Å². The van der Waals surface area contributed by atoms with Crippen LogP contribution in [-0.4, -0.2) is 52.7 Å². The molecule has 2 aliphatic rings. The highest BCUT2D eigenvalue weighted by Crippen LogP contribution is 2.31. The molecule has 7 nitrogen and oxygen atoms in total. The van der Waals surface area contributed by atoms with E-state index in [4.69, 9.17) is 0 Å². The molecule has 1 aromatic carbocycles. The van der Waals surface area contributed by atoms with Crippen LogP contribution in [0, 0.1) is 17.7 Å². The summed E-state index contributed by atoms with van der Waals surface area (Å²) in [6, 6.07) is 5.76. The quantitative estimate of drug-likeness (QED) is 0.771. The highest BCUT2D eigenvalue weighted by molar-refractivity contribution is 5.92. The molecule has 2 amide bonds. The van der Waals surface area contributed by atoms with E-state index in [9.17, 15) is 14.0 Å². The smallest absolute Gasteiger partial charge is 0.227 e. The molecule has 0 unspecified atom stereocenters. The highest BCUT2D eigenvalue weighted by atomic mass is 35.5. The third kappa shape index (κ3) is 4.82. The van der Waals surface area contributed by atoms with Crippen LogP contribution in [0.2, 0.25) is 0 Å². The zero-order valence-electron chi connectivity index (χ0n) is 16.9. The van der Waals surface area contributed by atoms with Crippen molar-refractivity contribution in [3.8, 4) is 0 Å². The van der Waals surface area contributed by atoms with E-state index in [1.54, 1.807) is 16.8 Å². The van der Waals surface area contributed by atoms with Crippen LogP contribution in [0.3, 0.4) is 0 Å². The number of hydrogen-bond acceptors (Lipinski definition) is 4. The normalized spacial score (nSPS) is 21.9. The van der Waals surface area contributed by atoms with Gasteiger partial charge in [0.25, 0.3) is 0 Å². The average molecular weight is 436 g/mol. The van der Waals surface area contributed by atoms with Crippen molar-refractivity contribution in [3.05, 3.63) is 48.0 Å². The van der Waals surface area contributed by atoms with Gasteiger partial charge in [-0.25, -0.2) is 4.39 Å². The molecular weight excluding hydrogens is 409 g/mol. The lowest BCUT2D eigenvalue weighted by molar-refractivity contribution is -0.138. The van der Waals surface area contributed by atoms with Crippen LogP contribution in [0.4, 0.5) is 10.1 Å². The van der Waals surface area contributed by atoms with Crippen LogP contribution in [0.15, 0.2) is 36.7 Å². The monoisotopic (exact) mass is 435 g/mol. The van der Waals surface area contributed by atoms with Crippen LogP contribution < -0.4 is 10.6 Å². The number of amides is 2. The SMILES string of the molecule is Cl.Cn1cc([C@H]2CNC[C@@H]2C(=O)N2CCC(C(=O)Nc3ccc(F)cc3)CC2)cn1. The van der Waals surface area contributed by atoms with E-state index in [0.29, 0.717) is 38.2 Å². The van der Waals surface area contributed by atoms with E-state index in [2.05, 4.69) is 15.7 Å². The van der Waals surface area contributed by atoms with Gasteiger partial charge in [-0.15, -0.1) is 12.4 Å². The fraction of sp³-hybridized carbons (Fsp3) is 0.476. The molecule has 30 heavy (non-hydrogen) atoms. The summed E-state index contributed by atoms with van der Waals surface area (Å²) in [7, 11) is 1.88. The Morgan fingerprint density at radius 3 is 2.50 bits per heavy atom. The standard InChI is InChI=1S/C21H26FN5O2.ClH/c1-26-13-15(10-24-26)18-11-23-12-19(18)21(29)27-8-6-14(7-9-27)20(28)25-17-4-2-16(22)3-5-17;/h2-5,10,13-14,18-19,23H,6-9,11-12H2,1H3,(H,25,28);1H/t18-,19+;/m1./s1. The fourth-order valence-corrected chi connectivity index (χ4v) is 4.29. The minimum Gasteiger partial charge on any atom is -0.342 e. The molecule has 2 fully saturated rings. The van der Waals surface area contributed by atoms with E-state index in [1.807, 2.05) is 24.3 Å². The summed E-state index contributed by atoms with van der Waals surface area (Å²) in [5.74, 6) is -0.346. The molecule has 2 aromatic rings. The first-order chi connectivity index (χ1) is 14.0. The summed E-state index contributed by atoms with van der Waals surface area (Å²) < 4.78 is 14.8. The van der Waals surface area contributed by atoms with Gasteiger partial charge in [0.05, 0.1) is 12.1 Å². The molecule has 2 saturated heterocycles. The van der Waals surface area contributed by atoms with Gasteiger partial charge in [-0.2, -0.15) is 5.10 Å². The van der Waals surface area contributed by atoms with Crippen molar-refractivity contribution < 1.29 is 14.0 Å². The first-order valence-electron chi connectivity index (χ1n) is 10.1. The molecule has 2 N–H and O–H groups in total. The minimum absolute atomic E-state index is 0. The summed E-state index contributed by atoms with van der Waals surface area (Å²) in [6.07, 6.45) is 5.08. The van der Waals surface area contributed by atoms with Crippen molar-refractivity contribution in [1.29, 1.82) is 0 Å². The molecule has 4 rings (SSSR count). The average Bonchev–Trinajstić information content (AvgIpc) is 3.38. The minimum atomic E-state index is -0.333. The Labute approximate surface area is 181 Å². The van der Waals surface area contributed by atoms with Gasteiger partial charge in [-0.05, 0) is 42.7 Å². The molecule has 0 bridgehead atoms. The van der Waals surface area contributed by atoms with Gasteiger partial charge in [0.15, 0.2) is 0 Å². The van der Waals surface area contributed by atoms with Gasteiger partial charge in [-0.3, -0.25) is 14.3 Å². The van der Waals surface area contributed by atoms with E-state index >= 15 is 0 Å². The number of carbonyl (C=O) groups excluding carboxylic acids is 2. The Hall–Kier alpha value is -2.45. The zero-order valence-corrected chi connectivity index (χ0v) is 17.7. The lowest BCUT2D eigenvalue weighted by Gasteiger charge is -2.34. The Morgan fingerprint density at radius 2 is 1.87 bits per heavy atom. The van der Waals surface area contributed by atoms with Crippen molar-refractivity contribution in [2.24, 2.45) is 18.9 Å². The van der Waals surface area contributed by atoms with Crippen LogP contribution in [0.5, 0.6) is 0 Å². The maximum absolute atomic E-state index is 13.1. The first-order valence-corrected chi connectivity index (χ1v) is 10.1. The topological polar surface area (TPSA) is 79.3 Å². The lowest BCUT2D eigenvalue weighted by atomic mass is 9.88. The Morgan fingerprint density at radius 1 is 1.17 bits per heavy atom. The summed E-state index contributed by atoms with van der Waals surface area (Å²) in [5, 5.41) is 10.4. The van der Waals surface area contributed by atoms with Crippen LogP contribution in [0.25, 0.3) is 0 Å². The van der Waals surface area contributed by atoms with Gasteiger partial charge >= 0.3 is 0 Å². The third-order valence-corrected chi connectivity index (χ3v) is 5.97. The molecule has 0 radical (unpaired) electrons. The van der Waals surface area contributed by atoms with Crippen LogP contribution in [-0.2, 0) is 16.6 Å². The predicted molar refractivity (Wildman–Crippen MR) is 114 cm³/mol. The predicted octanol–water partition coefficient (Wildman–Crippen LogP) is 2.16. The van der Waals surface area contributed by atoms with Gasteiger partial charge in [0.1, 0.15) is 5.82 Å². The van der Waals surface area contributed by atoms with Gasteiger partial charge in [0.2, 0.25) is 11.8 Å². The number of halogens is 2. The Kier molecular flexibility index (Phi) is 7.10. The number of carbonyl (C=O) groups is 2. The Bertz CT molecular complexity index is 880. The van der Waals surface area contributed by atoms with Gasteiger partial charge in [-0.1, -0.05) is 0 Å². The van der Waals surface area contributed by atoms with E-state index in [-0.39, 0.29) is 47.8 Å². The second-order valence-electron chi connectivity index (χ2n) is 7.91. The fourth-order valence-electron chi connectivity index (χ4n) is 4.29. The second kappa shape index (κ2) is 9.57. The number of piperidine rings is 1. The number of aromatic nitrogens is 2. The number of nitrogens with zero attached hydrogens (tertiary/aromatic N) is 3. The number of rotatable bonds is 4. The summed E-state index contributed by atoms with van der Waals surface area (Å²) >= 11 is 0. The first kappa shape index (κ1) is 22.2. The third-order valence-electron chi connectivity index (χ3n) is 5.97. The number of anilines is 1. The summed E-state index contributed by atoms with van der Waals surface area (Å²) in [6.45, 7) is 2.61. The van der Waals surface area contributed by atoms with Crippen LogP contribution in [0.1, 0.15) is 24.3 Å². The molecule has 162 valence electrons. The molecule has 3 heterocycles. The Balaban J connectivity index is 0.00000256. The maximum Gasteiger partial charge on any atom is 0.227 e. The number of nitrogens with one attached hydrogen (secondary N) is 2. The largest absolute Gasteiger partial charge is 0.342 e. The number of aryl methyl sites for hydroxylation is 1. The molecular formula is C21H27ClFN5O2. The lowest BCUT2D eigenvalue weighted by Crippen LogP contribution is -2.45. The maximum atomic E-state index is 13.1. The highest BCUT2D eigenvalue weighted by Gasteiger charge is 2.38. The number of benzene rings is 1. The molecule has 0 saturated carbocycles. The summed E-state index contributed by atoms with van der Waals surface area (Å²) in [4.78, 5) is 27.5. The van der Waals surface area contributed by atoms with Crippen molar-refractivity contribution in [2.45, 2.75) is 18.8 Å². The van der Waals surface area contributed by atoms with Crippen LogP contribution >= 0.6 is 12.4 Å². The van der Waals surface area contributed by atoms with E-state index in [0.717, 1.165) is 12.1 Å². The van der Waals surface area contributed by atoms with Gasteiger partial charge in [0, 0.05) is 56.9 Å². The molecule has 2 atom stereocenters. The molecule has 0 aliphatic carbocycles. The molecule has 0 spiro atoms. The van der Waals surface area contributed by atoms with Crippen molar-refractivity contribution in [1.82, 2.24) is 20.0 Å². The zero-order chi connectivity index (χ0) is 20.4. The number of likely N-dealkylation sites (tertiary alicyclic amines) is 1.